The summed E-state index contributed by atoms with van der Waals surface area (Å²) in [5.74, 6) is 0.532. The topological polar surface area (TPSA) is 55.1 Å². The van der Waals surface area contributed by atoms with Crippen molar-refractivity contribution >= 4 is 5.91 Å². The summed E-state index contributed by atoms with van der Waals surface area (Å²) < 4.78 is 0. The van der Waals surface area contributed by atoms with E-state index in [0.29, 0.717) is 5.92 Å². The van der Waals surface area contributed by atoms with Crippen LogP contribution in [0, 0.1) is 5.92 Å². The first-order valence-corrected chi connectivity index (χ1v) is 6.09. The van der Waals surface area contributed by atoms with Crippen molar-refractivity contribution in [2.75, 3.05) is 0 Å². The van der Waals surface area contributed by atoms with Crippen LogP contribution in [0.4, 0.5) is 0 Å². The molecule has 15 heavy (non-hydrogen) atoms. The van der Waals surface area contributed by atoms with E-state index >= 15 is 0 Å². The van der Waals surface area contributed by atoms with Gasteiger partial charge in [0, 0.05) is 6.04 Å². The molecule has 0 aromatic carbocycles. The summed E-state index contributed by atoms with van der Waals surface area (Å²) in [5.41, 5.74) is 5.51. The average Bonchev–Trinajstić information content (AvgIpc) is 2.61. The normalized spacial score (nSPS) is 21.7. The molecule has 3 heteroatoms. The maximum absolute atomic E-state index is 12.0. The van der Waals surface area contributed by atoms with Crippen molar-refractivity contribution in [1.82, 2.24) is 5.32 Å². The molecule has 0 aromatic heterocycles. The molecule has 3 N–H and O–H groups in total. The predicted octanol–water partition coefficient (Wildman–Crippen LogP) is 1.81. The van der Waals surface area contributed by atoms with Gasteiger partial charge in [-0.3, -0.25) is 4.79 Å². The van der Waals surface area contributed by atoms with Crippen molar-refractivity contribution in [2.45, 2.75) is 64.5 Å². The summed E-state index contributed by atoms with van der Waals surface area (Å²) in [5, 5.41) is 3.08. The standard InChI is InChI=1S/C12H24N2O/c1-4-10(9(2)3)14-11(15)12(13)7-5-6-8-12/h9-10H,4-8,13H2,1-3H3,(H,14,15). The number of carbonyl (C=O) groups is 1. The minimum Gasteiger partial charge on any atom is -0.352 e. The molecule has 88 valence electrons. The lowest BCUT2D eigenvalue weighted by Gasteiger charge is -2.28. The number of nitrogens with two attached hydrogens (primary N) is 1. The van der Waals surface area contributed by atoms with Gasteiger partial charge in [-0.15, -0.1) is 0 Å². The van der Waals surface area contributed by atoms with Gasteiger partial charge >= 0.3 is 0 Å². The zero-order valence-corrected chi connectivity index (χ0v) is 10.2. The second-order valence-electron chi connectivity index (χ2n) is 5.10. The van der Waals surface area contributed by atoms with Crippen LogP contribution in [0.3, 0.4) is 0 Å². The third-order valence-electron chi connectivity index (χ3n) is 3.51. The maximum atomic E-state index is 12.0. The van der Waals surface area contributed by atoms with Crippen LogP contribution in [0.1, 0.15) is 52.9 Å². The zero-order chi connectivity index (χ0) is 11.5. The molecule has 1 unspecified atom stereocenters. The van der Waals surface area contributed by atoms with Crippen LogP contribution in [-0.4, -0.2) is 17.5 Å². The molecule has 0 radical (unpaired) electrons. The van der Waals surface area contributed by atoms with E-state index in [9.17, 15) is 4.79 Å². The highest BCUT2D eigenvalue weighted by atomic mass is 16.2. The number of rotatable bonds is 4. The van der Waals surface area contributed by atoms with Crippen LogP contribution in [0.15, 0.2) is 0 Å². The molecule has 3 nitrogen and oxygen atoms in total. The lowest BCUT2D eigenvalue weighted by atomic mass is 9.95. The average molecular weight is 212 g/mol. The van der Waals surface area contributed by atoms with E-state index < -0.39 is 5.54 Å². The Labute approximate surface area is 92.8 Å². The van der Waals surface area contributed by atoms with E-state index in [1.54, 1.807) is 0 Å². The Morgan fingerprint density at radius 2 is 1.93 bits per heavy atom. The van der Waals surface area contributed by atoms with E-state index in [1.807, 2.05) is 0 Å². The third kappa shape index (κ3) is 2.94. The fourth-order valence-electron chi connectivity index (χ4n) is 2.29. The summed E-state index contributed by atoms with van der Waals surface area (Å²) in [6.07, 6.45) is 4.82. The molecule has 0 saturated heterocycles. The Balaban J connectivity index is 2.53. The Kier molecular flexibility index (Phi) is 4.14. The largest absolute Gasteiger partial charge is 0.352 e. The fraction of sp³-hybridized carbons (Fsp3) is 0.917. The van der Waals surface area contributed by atoms with Gasteiger partial charge in [-0.2, -0.15) is 0 Å². The molecule has 0 aromatic rings. The van der Waals surface area contributed by atoms with Crippen molar-refractivity contribution < 1.29 is 4.79 Å². The molecule has 0 spiro atoms. The lowest BCUT2D eigenvalue weighted by Crippen LogP contribution is -2.55. The van der Waals surface area contributed by atoms with Gasteiger partial charge in [0.05, 0.1) is 5.54 Å². The molecule has 1 fully saturated rings. The summed E-state index contributed by atoms with van der Waals surface area (Å²) in [7, 11) is 0. The summed E-state index contributed by atoms with van der Waals surface area (Å²) >= 11 is 0. The highest BCUT2D eigenvalue weighted by Gasteiger charge is 2.37. The molecule has 1 saturated carbocycles. The number of carbonyl (C=O) groups excluding carboxylic acids is 1. The second kappa shape index (κ2) is 4.97. The Hall–Kier alpha value is -0.570. The molecule has 1 aliphatic carbocycles. The monoisotopic (exact) mass is 212 g/mol. The molecular formula is C12H24N2O. The lowest BCUT2D eigenvalue weighted by molar-refractivity contribution is -0.127. The number of amides is 1. The summed E-state index contributed by atoms with van der Waals surface area (Å²) in [6.45, 7) is 6.36. The maximum Gasteiger partial charge on any atom is 0.240 e. The van der Waals surface area contributed by atoms with Gasteiger partial charge in [-0.1, -0.05) is 33.6 Å². The molecular weight excluding hydrogens is 188 g/mol. The van der Waals surface area contributed by atoms with Crippen molar-refractivity contribution in [2.24, 2.45) is 11.7 Å². The number of hydrogen-bond acceptors (Lipinski definition) is 2. The molecule has 1 aliphatic rings. The van der Waals surface area contributed by atoms with Crippen molar-refractivity contribution in [3.63, 3.8) is 0 Å². The van der Waals surface area contributed by atoms with E-state index in [0.717, 1.165) is 32.1 Å². The van der Waals surface area contributed by atoms with Gasteiger partial charge in [0.25, 0.3) is 0 Å². The van der Waals surface area contributed by atoms with Crippen LogP contribution < -0.4 is 11.1 Å². The minimum absolute atomic E-state index is 0.0561. The highest BCUT2D eigenvalue weighted by Crippen LogP contribution is 2.27. The van der Waals surface area contributed by atoms with Gasteiger partial charge in [0.2, 0.25) is 5.91 Å². The summed E-state index contributed by atoms with van der Waals surface area (Å²) in [4.78, 5) is 12.0. The van der Waals surface area contributed by atoms with Gasteiger partial charge < -0.3 is 11.1 Å². The number of nitrogens with one attached hydrogen (secondary N) is 1. The van der Waals surface area contributed by atoms with Crippen LogP contribution in [-0.2, 0) is 4.79 Å². The molecule has 0 aliphatic heterocycles. The van der Waals surface area contributed by atoms with E-state index in [2.05, 4.69) is 26.1 Å². The van der Waals surface area contributed by atoms with E-state index in [4.69, 9.17) is 5.73 Å². The van der Waals surface area contributed by atoms with Gasteiger partial charge in [0.15, 0.2) is 0 Å². The first kappa shape index (κ1) is 12.5. The van der Waals surface area contributed by atoms with Gasteiger partial charge in [0.1, 0.15) is 0 Å². The van der Waals surface area contributed by atoms with Crippen LogP contribution in [0.2, 0.25) is 0 Å². The summed E-state index contributed by atoms with van der Waals surface area (Å²) in [6, 6.07) is 0.263. The van der Waals surface area contributed by atoms with Crippen molar-refractivity contribution in [3.05, 3.63) is 0 Å². The van der Waals surface area contributed by atoms with Gasteiger partial charge in [-0.25, -0.2) is 0 Å². The van der Waals surface area contributed by atoms with Crippen molar-refractivity contribution in [1.29, 1.82) is 0 Å². The first-order chi connectivity index (χ1) is 6.99. The molecule has 1 rings (SSSR count). The van der Waals surface area contributed by atoms with Crippen LogP contribution >= 0.6 is 0 Å². The number of hydrogen-bond donors (Lipinski definition) is 2. The predicted molar refractivity (Wildman–Crippen MR) is 62.4 cm³/mol. The Bertz CT molecular complexity index is 220. The van der Waals surface area contributed by atoms with Crippen LogP contribution in [0.5, 0.6) is 0 Å². The smallest absolute Gasteiger partial charge is 0.240 e. The van der Waals surface area contributed by atoms with Crippen LogP contribution in [0.25, 0.3) is 0 Å². The molecule has 1 amide bonds. The molecule has 0 heterocycles. The molecule has 0 bridgehead atoms. The van der Waals surface area contributed by atoms with Gasteiger partial charge in [-0.05, 0) is 25.2 Å². The minimum atomic E-state index is -0.581. The fourth-order valence-corrected chi connectivity index (χ4v) is 2.29. The first-order valence-electron chi connectivity index (χ1n) is 6.09. The highest BCUT2D eigenvalue weighted by molar-refractivity contribution is 5.86. The second-order valence-corrected chi connectivity index (χ2v) is 5.10. The quantitative estimate of drug-likeness (QED) is 0.746. The third-order valence-corrected chi connectivity index (χ3v) is 3.51. The Morgan fingerprint density at radius 3 is 2.33 bits per heavy atom. The van der Waals surface area contributed by atoms with E-state index in [1.165, 1.54) is 0 Å². The zero-order valence-electron chi connectivity index (χ0n) is 10.2. The van der Waals surface area contributed by atoms with Crippen molar-refractivity contribution in [3.8, 4) is 0 Å². The Morgan fingerprint density at radius 1 is 1.40 bits per heavy atom. The molecule has 1 atom stereocenters. The van der Waals surface area contributed by atoms with E-state index in [-0.39, 0.29) is 11.9 Å². The SMILES string of the molecule is CCC(NC(=O)C1(N)CCCC1)C(C)C.